The first-order chi connectivity index (χ1) is 3.72. The first-order valence-corrected chi connectivity index (χ1v) is 2.88. The van der Waals surface area contributed by atoms with Gasteiger partial charge in [0.05, 0.1) is 5.92 Å². The Morgan fingerprint density at radius 1 is 1.75 bits per heavy atom. The monoisotopic (exact) mass is 114 g/mol. The number of carbonyl (C=O) groups excluding carboxylic acids is 1. The van der Waals surface area contributed by atoms with Gasteiger partial charge in [-0.2, -0.15) is 0 Å². The quantitative estimate of drug-likeness (QED) is 0.472. The molecule has 0 aromatic rings. The second-order valence-electron chi connectivity index (χ2n) is 2.48. The van der Waals surface area contributed by atoms with Gasteiger partial charge in [0.1, 0.15) is 6.61 Å². The van der Waals surface area contributed by atoms with E-state index in [0.717, 1.165) is 0 Å². The van der Waals surface area contributed by atoms with E-state index < -0.39 is 0 Å². The Morgan fingerprint density at radius 3 is 2.38 bits per heavy atom. The molecule has 1 fully saturated rings. The van der Waals surface area contributed by atoms with Crippen LogP contribution in [0.4, 0.5) is 0 Å². The van der Waals surface area contributed by atoms with Crippen molar-refractivity contribution in [3.8, 4) is 0 Å². The summed E-state index contributed by atoms with van der Waals surface area (Å²) in [7, 11) is 0. The zero-order valence-corrected chi connectivity index (χ0v) is 5.18. The van der Waals surface area contributed by atoms with E-state index >= 15 is 0 Å². The van der Waals surface area contributed by atoms with Crippen molar-refractivity contribution >= 4 is 5.97 Å². The molecule has 1 atom stereocenters. The fraction of sp³-hybridized carbons (Fsp3) is 0.833. The van der Waals surface area contributed by atoms with Gasteiger partial charge in [0.25, 0.3) is 0 Å². The number of ether oxygens (including phenoxy) is 1. The van der Waals surface area contributed by atoms with E-state index in [2.05, 4.69) is 4.74 Å². The van der Waals surface area contributed by atoms with Crippen molar-refractivity contribution in [2.24, 2.45) is 11.8 Å². The van der Waals surface area contributed by atoms with Gasteiger partial charge >= 0.3 is 5.97 Å². The van der Waals surface area contributed by atoms with Gasteiger partial charge in [0.2, 0.25) is 0 Å². The normalized spacial score (nSPS) is 27.4. The highest BCUT2D eigenvalue weighted by molar-refractivity contribution is 5.77. The van der Waals surface area contributed by atoms with E-state index in [4.69, 9.17) is 0 Å². The smallest absolute Gasteiger partial charge is 0.312 e. The molecule has 0 radical (unpaired) electrons. The lowest BCUT2D eigenvalue weighted by Gasteiger charge is -2.27. The van der Waals surface area contributed by atoms with Crippen LogP contribution in [-0.4, -0.2) is 12.6 Å². The third-order valence-electron chi connectivity index (χ3n) is 1.51. The van der Waals surface area contributed by atoms with Crippen molar-refractivity contribution in [2.75, 3.05) is 6.61 Å². The minimum atomic E-state index is -0.0278. The first-order valence-electron chi connectivity index (χ1n) is 2.88. The molecular weight excluding hydrogens is 104 g/mol. The Bertz CT molecular complexity index is 107. The molecule has 0 aromatic heterocycles. The highest BCUT2D eigenvalue weighted by atomic mass is 16.6. The van der Waals surface area contributed by atoms with E-state index in [9.17, 15) is 4.79 Å². The molecule has 1 saturated heterocycles. The predicted octanol–water partition coefficient (Wildman–Crippen LogP) is 0.815. The zero-order chi connectivity index (χ0) is 6.15. The molecule has 0 bridgehead atoms. The Kier molecular flexibility index (Phi) is 1.24. The molecular formula is C6H10O2. The molecule has 0 spiro atoms. The van der Waals surface area contributed by atoms with Gasteiger partial charge in [-0.3, -0.25) is 4.79 Å². The maximum Gasteiger partial charge on any atom is 0.312 e. The molecule has 2 nitrogen and oxygen atoms in total. The van der Waals surface area contributed by atoms with Gasteiger partial charge in [-0.1, -0.05) is 13.8 Å². The molecule has 1 aliphatic heterocycles. The molecule has 0 N–H and O–H groups in total. The summed E-state index contributed by atoms with van der Waals surface area (Å²) in [5.41, 5.74) is 0. The standard InChI is InChI=1S/C6H10O2/c1-4(2)5-3-8-6(5)7/h4-5H,3H2,1-2H3/t5-/m0/s1. The number of carbonyl (C=O) groups is 1. The van der Waals surface area contributed by atoms with Crippen LogP contribution in [0.2, 0.25) is 0 Å². The minimum Gasteiger partial charge on any atom is -0.464 e. The Balaban J connectivity index is 2.37. The van der Waals surface area contributed by atoms with Crippen LogP contribution in [-0.2, 0) is 9.53 Å². The first kappa shape index (κ1) is 5.60. The van der Waals surface area contributed by atoms with E-state index in [-0.39, 0.29) is 11.9 Å². The van der Waals surface area contributed by atoms with Crippen LogP contribution >= 0.6 is 0 Å². The van der Waals surface area contributed by atoms with Crippen LogP contribution in [0.15, 0.2) is 0 Å². The molecule has 0 unspecified atom stereocenters. The van der Waals surface area contributed by atoms with Gasteiger partial charge in [-0.25, -0.2) is 0 Å². The largest absolute Gasteiger partial charge is 0.464 e. The summed E-state index contributed by atoms with van der Waals surface area (Å²) in [6.45, 7) is 4.70. The zero-order valence-electron chi connectivity index (χ0n) is 5.18. The highest BCUT2D eigenvalue weighted by Gasteiger charge is 2.32. The van der Waals surface area contributed by atoms with Crippen LogP contribution in [0.1, 0.15) is 13.8 Å². The van der Waals surface area contributed by atoms with Crippen molar-refractivity contribution in [1.82, 2.24) is 0 Å². The molecule has 0 aromatic carbocycles. The van der Waals surface area contributed by atoms with E-state index in [1.165, 1.54) is 0 Å². The topological polar surface area (TPSA) is 26.3 Å². The molecule has 8 heavy (non-hydrogen) atoms. The molecule has 1 aliphatic rings. The summed E-state index contributed by atoms with van der Waals surface area (Å²) in [6.07, 6.45) is 0. The minimum absolute atomic E-state index is 0.0278. The van der Waals surface area contributed by atoms with E-state index in [1.54, 1.807) is 0 Å². The lowest BCUT2D eigenvalue weighted by molar-refractivity contribution is -0.171. The van der Waals surface area contributed by atoms with E-state index in [0.29, 0.717) is 12.5 Å². The van der Waals surface area contributed by atoms with Gasteiger partial charge < -0.3 is 4.74 Å². The lowest BCUT2D eigenvalue weighted by atomic mass is 9.94. The molecule has 2 heteroatoms. The maximum absolute atomic E-state index is 10.4. The lowest BCUT2D eigenvalue weighted by Crippen LogP contribution is -2.38. The summed E-state index contributed by atoms with van der Waals surface area (Å²) < 4.78 is 4.57. The van der Waals surface area contributed by atoms with Crippen molar-refractivity contribution in [3.05, 3.63) is 0 Å². The van der Waals surface area contributed by atoms with Crippen LogP contribution < -0.4 is 0 Å². The van der Waals surface area contributed by atoms with E-state index in [1.807, 2.05) is 13.8 Å². The molecule has 46 valence electrons. The fourth-order valence-corrected chi connectivity index (χ4v) is 0.712. The summed E-state index contributed by atoms with van der Waals surface area (Å²) in [5.74, 6) is 0.617. The number of esters is 1. The number of cyclic esters (lactones) is 1. The number of hydrogen-bond acceptors (Lipinski definition) is 2. The molecule has 0 amide bonds. The van der Waals surface area contributed by atoms with Gasteiger partial charge in [-0.05, 0) is 5.92 Å². The van der Waals surface area contributed by atoms with Crippen LogP contribution in [0.3, 0.4) is 0 Å². The van der Waals surface area contributed by atoms with Crippen LogP contribution in [0.5, 0.6) is 0 Å². The highest BCUT2D eigenvalue weighted by Crippen LogP contribution is 2.20. The van der Waals surface area contributed by atoms with Gasteiger partial charge in [-0.15, -0.1) is 0 Å². The fourth-order valence-electron chi connectivity index (χ4n) is 0.712. The summed E-state index contributed by atoms with van der Waals surface area (Å²) in [5, 5.41) is 0. The van der Waals surface area contributed by atoms with Crippen molar-refractivity contribution in [1.29, 1.82) is 0 Å². The summed E-state index contributed by atoms with van der Waals surface area (Å²) in [6, 6.07) is 0. The SMILES string of the molecule is CC(C)[C@@H]1COC1=O. The second-order valence-corrected chi connectivity index (χ2v) is 2.48. The number of hydrogen-bond donors (Lipinski definition) is 0. The second kappa shape index (κ2) is 1.77. The summed E-state index contributed by atoms with van der Waals surface area (Å²) in [4.78, 5) is 10.4. The van der Waals surface area contributed by atoms with Crippen molar-refractivity contribution < 1.29 is 9.53 Å². The van der Waals surface area contributed by atoms with Crippen LogP contribution in [0, 0.1) is 11.8 Å². The average Bonchev–Trinajstić information content (AvgIpc) is 1.61. The molecule has 0 saturated carbocycles. The third-order valence-corrected chi connectivity index (χ3v) is 1.51. The molecule has 0 aliphatic carbocycles. The molecule has 1 rings (SSSR count). The third kappa shape index (κ3) is 0.703. The molecule has 1 heterocycles. The average molecular weight is 114 g/mol. The Labute approximate surface area is 48.8 Å². The Morgan fingerprint density at radius 2 is 2.38 bits per heavy atom. The van der Waals surface area contributed by atoms with Crippen molar-refractivity contribution in [3.63, 3.8) is 0 Å². The predicted molar refractivity (Wildman–Crippen MR) is 29.3 cm³/mol. The number of rotatable bonds is 1. The van der Waals surface area contributed by atoms with Crippen molar-refractivity contribution in [2.45, 2.75) is 13.8 Å². The Hall–Kier alpha value is -0.530. The summed E-state index contributed by atoms with van der Waals surface area (Å²) >= 11 is 0. The maximum atomic E-state index is 10.4. The van der Waals surface area contributed by atoms with Gasteiger partial charge in [0, 0.05) is 0 Å². The van der Waals surface area contributed by atoms with Gasteiger partial charge in [0.15, 0.2) is 0 Å². The van der Waals surface area contributed by atoms with Crippen LogP contribution in [0.25, 0.3) is 0 Å².